The van der Waals surface area contributed by atoms with Gasteiger partial charge in [0.1, 0.15) is 30.1 Å². The number of para-hydroxylation sites is 1. The third kappa shape index (κ3) is 17.9. The Morgan fingerprint density at radius 2 is 1.47 bits per heavy atom. The summed E-state index contributed by atoms with van der Waals surface area (Å²) in [5, 5.41) is 40.8. The maximum atomic E-state index is 12.3. The Labute approximate surface area is 297 Å². The molecule has 1 saturated heterocycles. The molecule has 14 nitrogen and oxygen atoms in total. The third-order valence-electron chi connectivity index (χ3n) is 6.17. The van der Waals surface area contributed by atoms with Gasteiger partial charge in [-0.3, -0.25) is 14.1 Å². The molecule has 0 aliphatic carbocycles. The fourth-order valence-electron chi connectivity index (χ4n) is 4.13. The van der Waals surface area contributed by atoms with Gasteiger partial charge in [-0.1, -0.05) is 63.1 Å². The Morgan fingerprint density at radius 1 is 0.930 bits per heavy atom. The van der Waals surface area contributed by atoms with Gasteiger partial charge in [0, 0.05) is 0 Å². The smallest absolute Gasteiger partial charge is 0.862 e. The van der Waals surface area contributed by atoms with Gasteiger partial charge in [-0.05, 0) is 37.8 Å². The van der Waals surface area contributed by atoms with Crippen LogP contribution in [0.5, 0.6) is 5.75 Å². The average Bonchev–Trinajstić information content (AvgIpc) is 2.90. The van der Waals surface area contributed by atoms with Gasteiger partial charge in [0.05, 0.1) is 19.8 Å². The number of phosphoric ester groups is 2. The molecule has 2 unspecified atom stereocenters. The van der Waals surface area contributed by atoms with E-state index in [9.17, 15) is 39.3 Å². The fourth-order valence-corrected chi connectivity index (χ4v) is 6.27. The van der Waals surface area contributed by atoms with Gasteiger partial charge in [0.15, 0.2) is 6.29 Å². The van der Waals surface area contributed by atoms with E-state index >= 15 is 0 Å². The van der Waals surface area contributed by atoms with Crippen LogP contribution in [0.2, 0.25) is 0 Å². The van der Waals surface area contributed by atoms with Crippen molar-refractivity contribution in [1.82, 2.24) is 0 Å². The van der Waals surface area contributed by atoms with Crippen LogP contribution in [-0.2, 0) is 27.2 Å². The van der Waals surface area contributed by atoms with Gasteiger partial charge < -0.3 is 44.2 Å². The van der Waals surface area contributed by atoms with Crippen LogP contribution in [0.15, 0.2) is 35.3 Å². The van der Waals surface area contributed by atoms with Gasteiger partial charge in [-0.15, -0.1) is 0 Å². The van der Waals surface area contributed by atoms with Gasteiger partial charge in [0.2, 0.25) is 0 Å². The number of benzene rings is 1. The molecule has 1 fully saturated rings. The molecule has 0 amide bonds. The van der Waals surface area contributed by atoms with Crippen molar-refractivity contribution < 1.29 is 121 Å². The van der Waals surface area contributed by atoms with Crippen molar-refractivity contribution in [2.75, 3.05) is 19.8 Å². The number of aliphatic imine (C=N–C) groups is 1. The zero-order valence-electron chi connectivity index (χ0n) is 25.1. The first-order valence-electron chi connectivity index (χ1n) is 13.6. The molecule has 2 rings (SSSR count). The summed E-state index contributed by atoms with van der Waals surface area (Å²) in [5.74, 6) is 0.0380. The summed E-state index contributed by atoms with van der Waals surface area (Å²) in [6.07, 6.45) is 1.24. The fraction of sp³-hybridized carbons (Fsp3) is 0.720. The molecule has 0 saturated carbocycles. The molecular weight excluding hydrogens is 630 g/mol. The quantitative estimate of drug-likeness (QED) is 0.0340. The van der Waals surface area contributed by atoms with Gasteiger partial charge in [-0.2, -0.15) is 0 Å². The predicted octanol–water partition coefficient (Wildman–Crippen LogP) is -4.21. The first-order valence-corrected chi connectivity index (χ1v) is 16.6. The molecule has 7 atom stereocenters. The Balaban J connectivity index is 0.00000882. The second-order valence-electron chi connectivity index (χ2n) is 9.62. The molecule has 0 radical (unpaired) electrons. The van der Waals surface area contributed by atoms with Crippen molar-refractivity contribution in [2.45, 2.75) is 95.4 Å². The van der Waals surface area contributed by atoms with E-state index in [0.29, 0.717) is 19.4 Å². The molecule has 4 N–H and O–H groups in total. The van der Waals surface area contributed by atoms with Gasteiger partial charge in [0.25, 0.3) is 7.82 Å². The Morgan fingerprint density at radius 3 is 2.00 bits per heavy atom. The normalized spacial score (nSPS) is 25.1. The van der Waals surface area contributed by atoms with Crippen molar-refractivity contribution in [3.8, 4) is 5.75 Å². The Bertz CT molecular complexity index is 1010. The SMILES string of the molecule is CC([O-])=N[C@H]1[C@@H](OP(=O)(O)OP(=O)([O-])OCCCCCCCCCCCOc2ccccc2)O[C@H](CO)[C@@H](O)[C@@H]1O.[Na+].[Na+]. The molecule has 0 aromatic heterocycles. The van der Waals surface area contributed by atoms with E-state index in [1.54, 1.807) is 0 Å². The second-order valence-corrected chi connectivity index (χ2v) is 12.6. The monoisotopic (exact) mass is 671 g/mol. The molecule has 43 heavy (non-hydrogen) atoms. The third-order valence-corrected chi connectivity index (χ3v) is 8.77. The van der Waals surface area contributed by atoms with Crippen LogP contribution >= 0.6 is 15.6 Å². The maximum absolute atomic E-state index is 12.3. The number of ether oxygens (including phenoxy) is 2. The molecule has 1 aliphatic rings. The van der Waals surface area contributed by atoms with Crippen molar-refractivity contribution in [1.29, 1.82) is 0 Å². The van der Waals surface area contributed by atoms with E-state index in [1.807, 2.05) is 30.3 Å². The summed E-state index contributed by atoms with van der Waals surface area (Å²) in [5.41, 5.74) is 0. The zero-order chi connectivity index (χ0) is 30.3. The summed E-state index contributed by atoms with van der Waals surface area (Å²) < 4.78 is 48.7. The Kier molecular flexibility index (Phi) is 23.3. The summed E-state index contributed by atoms with van der Waals surface area (Å²) in [6, 6.07) is 7.98. The summed E-state index contributed by atoms with van der Waals surface area (Å²) in [4.78, 5) is 25.5. The van der Waals surface area contributed by atoms with E-state index in [4.69, 9.17) is 14.0 Å². The van der Waals surface area contributed by atoms with E-state index < -0.39 is 58.8 Å². The molecule has 0 spiro atoms. The van der Waals surface area contributed by atoms with Crippen LogP contribution in [0.4, 0.5) is 0 Å². The van der Waals surface area contributed by atoms with Crippen LogP contribution in [-0.4, -0.2) is 76.6 Å². The van der Waals surface area contributed by atoms with Crippen LogP contribution < -0.4 is 73.9 Å². The number of unbranched alkanes of at least 4 members (excludes halogenated alkanes) is 8. The molecule has 1 heterocycles. The van der Waals surface area contributed by atoms with Gasteiger partial charge in [-0.25, -0.2) is 8.88 Å². The van der Waals surface area contributed by atoms with E-state index in [-0.39, 0.29) is 65.7 Å². The standard InChI is InChI=1S/C25H43NO13P2.2Na/c1-19(28)26-22-24(30)23(29)21(18-27)37-25(22)38-41(33,34)39-40(31,32)36-17-13-8-6-4-2-3-5-7-12-16-35-20-14-10-9-11-15-20;;/h9-11,14-15,21-25,27,29-30H,2-8,12-13,16-18H2,1H3,(H,26,28)(H,31,32)(H,33,34);;/q;2*+1/p-2/t21-,22-,23-,24-,25-;;/m1../s1. The largest absolute Gasteiger partial charge is 1.00 e. The molecule has 18 heteroatoms. The van der Waals surface area contributed by atoms with Crippen molar-refractivity contribution >= 4 is 21.5 Å². The summed E-state index contributed by atoms with van der Waals surface area (Å²) >= 11 is 0. The first-order chi connectivity index (χ1) is 19.4. The van der Waals surface area contributed by atoms with Gasteiger partial charge >= 0.3 is 66.9 Å². The van der Waals surface area contributed by atoms with Crippen LogP contribution in [0.25, 0.3) is 0 Å². The van der Waals surface area contributed by atoms with Crippen LogP contribution in [0.1, 0.15) is 64.7 Å². The number of rotatable bonds is 20. The molecule has 0 bridgehead atoms. The van der Waals surface area contributed by atoms with E-state index in [1.165, 1.54) is 0 Å². The van der Waals surface area contributed by atoms with Crippen molar-refractivity contribution in [3.63, 3.8) is 0 Å². The molecule has 1 aliphatic heterocycles. The number of nitrogens with zero attached hydrogens (tertiary/aromatic N) is 1. The molecular formula is C25H41NNa2O13P2. The van der Waals surface area contributed by atoms with Crippen molar-refractivity contribution in [3.05, 3.63) is 30.3 Å². The number of phosphoric acid groups is 2. The topological polar surface area (TPSA) is 220 Å². The molecule has 1 aromatic carbocycles. The zero-order valence-corrected chi connectivity index (χ0v) is 30.9. The second kappa shape index (κ2) is 23.0. The molecule has 236 valence electrons. The van der Waals surface area contributed by atoms with E-state index in [0.717, 1.165) is 57.6 Å². The summed E-state index contributed by atoms with van der Waals surface area (Å²) in [7, 11) is -10.7. The van der Waals surface area contributed by atoms with E-state index in [2.05, 4.69) is 13.8 Å². The van der Waals surface area contributed by atoms with Crippen LogP contribution in [0, 0.1) is 0 Å². The minimum atomic E-state index is -5.43. The minimum absolute atomic E-state index is 0. The number of aliphatic hydroxyl groups is 3. The minimum Gasteiger partial charge on any atom is -0.862 e. The van der Waals surface area contributed by atoms with Crippen molar-refractivity contribution in [2.24, 2.45) is 4.99 Å². The maximum Gasteiger partial charge on any atom is 1.00 e. The first kappa shape index (κ1) is 43.6. The molecule has 1 aromatic rings. The Hall–Kier alpha value is 0.590. The predicted molar refractivity (Wildman–Crippen MR) is 144 cm³/mol. The number of aliphatic hydroxyl groups excluding tert-OH is 3. The number of hydrogen-bond donors (Lipinski definition) is 4. The van der Waals surface area contributed by atoms with Crippen LogP contribution in [0.3, 0.4) is 0 Å². The summed E-state index contributed by atoms with van der Waals surface area (Å²) in [6.45, 7) is 0.600. The average molecular weight is 672 g/mol. The number of hydrogen-bond acceptors (Lipinski definition) is 13.